The number of benzene rings is 3. The molecule has 0 atom stereocenters. The lowest BCUT2D eigenvalue weighted by Crippen LogP contribution is -2.02. The van der Waals surface area contributed by atoms with Gasteiger partial charge in [0.1, 0.15) is 0 Å². The Morgan fingerprint density at radius 3 is 2.27 bits per heavy atom. The molecule has 0 aliphatic heterocycles. The second-order valence-corrected chi connectivity index (χ2v) is 7.07. The van der Waals surface area contributed by atoms with Crippen LogP contribution in [0.25, 0.3) is 42.9 Å². The molecule has 4 nitrogen and oxygen atoms in total. The van der Waals surface area contributed by atoms with Crippen LogP contribution in [0.5, 0.6) is 0 Å². The van der Waals surface area contributed by atoms with Gasteiger partial charge >= 0.3 is 0 Å². The molecule has 0 saturated heterocycles. The van der Waals surface area contributed by atoms with Gasteiger partial charge in [0.05, 0.1) is 0 Å². The highest BCUT2D eigenvalue weighted by atomic mass is 32.1. The minimum absolute atomic E-state index is 0.227. The Labute approximate surface area is 154 Å². The van der Waals surface area contributed by atoms with Gasteiger partial charge in [-0.15, -0.1) is 11.3 Å². The fourth-order valence-corrected chi connectivity index (χ4v) is 4.32. The van der Waals surface area contributed by atoms with Crippen LogP contribution in [0.3, 0.4) is 0 Å². The van der Waals surface area contributed by atoms with Gasteiger partial charge in [-0.25, -0.2) is 4.98 Å². The van der Waals surface area contributed by atoms with Gasteiger partial charge < -0.3 is 5.73 Å². The zero-order valence-corrected chi connectivity index (χ0v) is 14.6. The summed E-state index contributed by atoms with van der Waals surface area (Å²) < 4.78 is 2.46. The minimum Gasteiger partial charge on any atom is -0.368 e. The Hall–Kier alpha value is -3.31. The summed E-state index contributed by atoms with van der Waals surface area (Å²) in [4.78, 5) is 13.5. The van der Waals surface area contributed by atoms with E-state index in [4.69, 9.17) is 10.7 Å². The molecule has 0 saturated carbocycles. The molecule has 0 aliphatic carbocycles. The fourth-order valence-electron chi connectivity index (χ4n) is 3.19. The summed E-state index contributed by atoms with van der Waals surface area (Å²) in [5, 5.41) is 2.38. The zero-order chi connectivity index (χ0) is 17.5. The van der Waals surface area contributed by atoms with Crippen LogP contribution in [-0.4, -0.2) is 15.0 Å². The van der Waals surface area contributed by atoms with E-state index >= 15 is 0 Å². The van der Waals surface area contributed by atoms with Crippen LogP contribution in [0, 0.1) is 0 Å². The topological polar surface area (TPSA) is 64.7 Å². The molecule has 0 unspecified atom stereocenters. The van der Waals surface area contributed by atoms with Crippen molar-refractivity contribution in [3.8, 4) is 22.8 Å². The smallest absolute Gasteiger partial charge is 0.224 e. The van der Waals surface area contributed by atoms with Gasteiger partial charge in [0, 0.05) is 31.3 Å². The normalized spacial score (nSPS) is 11.2. The first-order chi connectivity index (χ1) is 12.8. The molecule has 5 rings (SSSR count). The van der Waals surface area contributed by atoms with Crippen molar-refractivity contribution in [1.29, 1.82) is 0 Å². The molecule has 0 fully saturated rings. The highest BCUT2D eigenvalue weighted by Gasteiger charge is 2.14. The fraction of sp³-hybridized carbons (Fsp3) is 0. The maximum atomic E-state index is 6.01. The number of aromatic nitrogens is 3. The second-order valence-electron chi connectivity index (χ2n) is 5.98. The first-order valence-electron chi connectivity index (χ1n) is 8.27. The summed E-state index contributed by atoms with van der Waals surface area (Å²) >= 11 is 1.77. The Morgan fingerprint density at radius 2 is 1.38 bits per heavy atom. The van der Waals surface area contributed by atoms with E-state index in [1.54, 1.807) is 11.3 Å². The van der Waals surface area contributed by atoms with Crippen molar-refractivity contribution in [2.24, 2.45) is 0 Å². The van der Waals surface area contributed by atoms with Gasteiger partial charge in [0.25, 0.3) is 0 Å². The molecule has 26 heavy (non-hydrogen) atoms. The molecular weight excluding hydrogens is 340 g/mol. The SMILES string of the molecule is Nc1nc(-c2ccccc2)nc(-c2cccc3sc4ccccc4c23)n1. The van der Waals surface area contributed by atoms with Crippen LogP contribution in [0.4, 0.5) is 5.95 Å². The van der Waals surface area contributed by atoms with Crippen molar-refractivity contribution < 1.29 is 0 Å². The number of rotatable bonds is 2. The van der Waals surface area contributed by atoms with Crippen molar-refractivity contribution in [3.63, 3.8) is 0 Å². The summed E-state index contributed by atoms with van der Waals surface area (Å²) in [5.74, 6) is 1.42. The highest BCUT2D eigenvalue weighted by molar-refractivity contribution is 7.25. The number of hydrogen-bond acceptors (Lipinski definition) is 5. The third-order valence-electron chi connectivity index (χ3n) is 4.33. The number of nitrogens with two attached hydrogens (primary N) is 1. The molecule has 2 N–H and O–H groups in total. The Bertz CT molecular complexity index is 1250. The van der Waals surface area contributed by atoms with Gasteiger partial charge in [0.15, 0.2) is 11.6 Å². The third kappa shape index (κ3) is 2.41. The largest absolute Gasteiger partial charge is 0.368 e. The average molecular weight is 354 g/mol. The van der Waals surface area contributed by atoms with E-state index in [1.807, 2.05) is 42.5 Å². The zero-order valence-electron chi connectivity index (χ0n) is 13.8. The number of anilines is 1. The van der Waals surface area contributed by atoms with Gasteiger partial charge in [-0.05, 0) is 12.1 Å². The average Bonchev–Trinajstić information content (AvgIpc) is 3.07. The lowest BCUT2D eigenvalue weighted by molar-refractivity contribution is 1.08. The molecule has 124 valence electrons. The third-order valence-corrected chi connectivity index (χ3v) is 5.46. The predicted molar refractivity (Wildman–Crippen MR) is 108 cm³/mol. The number of thiophene rings is 1. The van der Waals surface area contributed by atoms with E-state index in [9.17, 15) is 0 Å². The van der Waals surface area contributed by atoms with E-state index in [-0.39, 0.29) is 5.95 Å². The summed E-state index contributed by atoms with van der Waals surface area (Å²) in [6, 6.07) is 24.4. The summed E-state index contributed by atoms with van der Waals surface area (Å²) in [5.41, 5.74) is 7.91. The van der Waals surface area contributed by atoms with Crippen LogP contribution in [0.2, 0.25) is 0 Å². The summed E-state index contributed by atoms with van der Waals surface area (Å²) in [6.45, 7) is 0. The van der Waals surface area contributed by atoms with Crippen LogP contribution < -0.4 is 5.73 Å². The first kappa shape index (κ1) is 15.0. The monoisotopic (exact) mass is 354 g/mol. The molecule has 0 radical (unpaired) electrons. The molecule has 2 heterocycles. The Morgan fingerprint density at radius 1 is 0.654 bits per heavy atom. The summed E-state index contributed by atoms with van der Waals surface area (Å²) in [7, 11) is 0. The molecular formula is C21H14N4S. The number of nitrogens with zero attached hydrogens (tertiary/aromatic N) is 3. The van der Waals surface area contributed by atoms with E-state index in [0.717, 1.165) is 16.5 Å². The van der Waals surface area contributed by atoms with Gasteiger partial charge in [-0.1, -0.05) is 60.7 Å². The van der Waals surface area contributed by atoms with Crippen molar-refractivity contribution in [2.75, 3.05) is 5.73 Å². The van der Waals surface area contributed by atoms with Crippen molar-refractivity contribution >= 4 is 37.5 Å². The maximum absolute atomic E-state index is 6.01. The van der Waals surface area contributed by atoms with Crippen molar-refractivity contribution in [2.45, 2.75) is 0 Å². The van der Waals surface area contributed by atoms with Gasteiger partial charge in [-0.3, -0.25) is 0 Å². The maximum Gasteiger partial charge on any atom is 0.224 e. The quantitative estimate of drug-likeness (QED) is 0.476. The number of fused-ring (bicyclic) bond motifs is 3. The molecule has 0 bridgehead atoms. The van der Waals surface area contributed by atoms with E-state index in [1.165, 1.54) is 14.8 Å². The first-order valence-corrected chi connectivity index (χ1v) is 9.09. The molecule has 5 heteroatoms. The van der Waals surface area contributed by atoms with Crippen LogP contribution in [0.15, 0.2) is 72.8 Å². The Balaban J connectivity index is 1.80. The van der Waals surface area contributed by atoms with Crippen molar-refractivity contribution in [1.82, 2.24) is 15.0 Å². The summed E-state index contributed by atoms with van der Waals surface area (Å²) in [6.07, 6.45) is 0. The predicted octanol–water partition coefficient (Wildman–Crippen LogP) is 5.16. The van der Waals surface area contributed by atoms with Crippen LogP contribution in [-0.2, 0) is 0 Å². The lowest BCUT2D eigenvalue weighted by Gasteiger charge is -2.07. The van der Waals surface area contributed by atoms with Crippen LogP contribution >= 0.6 is 11.3 Å². The van der Waals surface area contributed by atoms with Crippen molar-refractivity contribution in [3.05, 3.63) is 72.8 Å². The highest BCUT2D eigenvalue weighted by Crippen LogP contribution is 2.39. The molecule has 0 aliphatic rings. The Kier molecular flexibility index (Phi) is 3.40. The molecule has 3 aromatic carbocycles. The standard InChI is InChI=1S/C21H14N4S/c22-21-24-19(13-7-2-1-3-8-13)23-20(25-21)15-10-6-12-17-18(15)14-9-4-5-11-16(14)26-17/h1-12H,(H2,22,23,24,25). The number of nitrogen functional groups attached to an aromatic ring is 1. The molecule has 5 aromatic rings. The van der Waals surface area contributed by atoms with Gasteiger partial charge in [-0.2, -0.15) is 9.97 Å². The molecule has 0 amide bonds. The van der Waals surface area contributed by atoms with E-state index < -0.39 is 0 Å². The molecule has 2 aromatic heterocycles. The van der Waals surface area contributed by atoms with E-state index in [0.29, 0.717) is 11.6 Å². The number of hydrogen-bond donors (Lipinski definition) is 1. The van der Waals surface area contributed by atoms with Crippen LogP contribution in [0.1, 0.15) is 0 Å². The second kappa shape index (κ2) is 5.89. The van der Waals surface area contributed by atoms with E-state index in [2.05, 4.69) is 40.3 Å². The lowest BCUT2D eigenvalue weighted by atomic mass is 10.1. The molecule has 0 spiro atoms. The minimum atomic E-state index is 0.227. The van der Waals surface area contributed by atoms with Gasteiger partial charge in [0.2, 0.25) is 5.95 Å².